The van der Waals surface area contributed by atoms with Gasteiger partial charge in [0.1, 0.15) is 5.82 Å². The first-order valence-corrected chi connectivity index (χ1v) is 8.85. The van der Waals surface area contributed by atoms with Gasteiger partial charge in [-0.25, -0.2) is 9.37 Å². The SMILES string of the molecule is Cc1nc(CN(C(=O)c2oc(Br)cc2C)c2ccc(F)cc2)cs1. The van der Waals surface area contributed by atoms with Crippen LogP contribution in [0.25, 0.3) is 0 Å². The summed E-state index contributed by atoms with van der Waals surface area (Å²) in [4.78, 5) is 18.9. The molecule has 0 saturated carbocycles. The van der Waals surface area contributed by atoms with Crippen LogP contribution in [-0.2, 0) is 6.54 Å². The summed E-state index contributed by atoms with van der Waals surface area (Å²) in [6.45, 7) is 4.00. The molecular weight excluding hydrogens is 395 g/mol. The Morgan fingerprint density at radius 2 is 2.04 bits per heavy atom. The predicted octanol–water partition coefficient (Wildman–Crippen LogP) is 5.10. The molecule has 1 amide bonds. The molecule has 2 aromatic heterocycles. The van der Waals surface area contributed by atoms with Gasteiger partial charge in [-0.05, 0) is 60.1 Å². The summed E-state index contributed by atoms with van der Waals surface area (Å²) in [7, 11) is 0. The van der Waals surface area contributed by atoms with Crippen LogP contribution in [0.4, 0.5) is 10.1 Å². The van der Waals surface area contributed by atoms with E-state index in [4.69, 9.17) is 4.42 Å². The summed E-state index contributed by atoms with van der Waals surface area (Å²) in [5, 5.41) is 2.83. The average Bonchev–Trinajstić information content (AvgIpc) is 3.10. The number of hydrogen-bond donors (Lipinski definition) is 0. The van der Waals surface area contributed by atoms with E-state index in [1.165, 1.54) is 28.4 Å². The number of aromatic nitrogens is 1. The molecule has 0 fully saturated rings. The van der Waals surface area contributed by atoms with Gasteiger partial charge in [-0.15, -0.1) is 11.3 Å². The van der Waals surface area contributed by atoms with Crippen LogP contribution in [0.15, 0.2) is 44.8 Å². The molecule has 2 heterocycles. The number of carbonyl (C=O) groups excluding carboxylic acids is 1. The maximum absolute atomic E-state index is 13.2. The minimum absolute atomic E-state index is 0.248. The summed E-state index contributed by atoms with van der Waals surface area (Å²) in [5.41, 5.74) is 2.09. The number of anilines is 1. The fraction of sp³-hybridized carbons (Fsp3) is 0.176. The minimum atomic E-state index is -0.354. The van der Waals surface area contributed by atoms with Crippen LogP contribution in [0.1, 0.15) is 26.8 Å². The van der Waals surface area contributed by atoms with Crippen molar-refractivity contribution in [3.05, 3.63) is 68.2 Å². The van der Waals surface area contributed by atoms with Gasteiger partial charge in [0.15, 0.2) is 10.4 Å². The zero-order valence-corrected chi connectivity index (χ0v) is 15.4. The molecule has 0 radical (unpaired) electrons. The fourth-order valence-electron chi connectivity index (χ4n) is 2.32. The molecule has 0 unspecified atom stereocenters. The van der Waals surface area contributed by atoms with E-state index in [0.717, 1.165) is 16.3 Å². The Morgan fingerprint density at radius 3 is 2.58 bits per heavy atom. The molecule has 0 saturated heterocycles. The van der Waals surface area contributed by atoms with Crippen LogP contribution in [0.5, 0.6) is 0 Å². The Kier molecular flexibility index (Phi) is 4.82. The standard InChI is InChI=1S/C17H14BrFN2O2S/c1-10-7-15(18)23-16(10)17(22)21(8-13-9-24-11(2)20-13)14-5-3-12(19)4-6-14/h3-7,9H,8H2,1-2H3. The molecule has 0 aliphatic carbocycles. The second kappa shape index (κ2) is 6.86. The van der Waals surface area contributed by atoms with Crippen LogP contribution in [0, 0.1) is 19.7 Å². The number of nitrogens with zero attached hydrogens (tertiary/aromatic N) is 2. The Balaban J connectivity index is 1.99. The van der Waals surface area contributed by atoms with Gasteiger partial charge in [-0.1, -0.05) is 0 Å². The number of hydrogen-bond acceptors (Lipinski definition) is 4. The lowest BCUT2D eigenvalue weighted by Crippen LogP contribution is -2.30. The van der Waals surface area contributed by atoms with Crippen LogP contribution in [0.2, 0.25) is 0 Å². The normalized spacial score (nSPS) is 10.8. The van der Waals surface area contributed by atoms with Gasteiger partial charge >= 0.3 is 0 Å². The van der Waals surface area contributed by atoms with Crippen LogP contribution < -0.4 is 4.90 Å². The molecule has 3 aromatic rings. The van der Waals surface area contributed by atoms with Crippen LogP contribution in [0.3, 0.4) is 0 Å². The van der Waals surface area contributed by atoms with Crippen molar-refractivity contribution in [1.82, 2.24) is 4.98 Å². The molecule has 0 aliphatic heterocycles. The monoisotopic (exact) mass is 408 g/mol. The number of rotatable bonds is 4. The zero-order valence-electron chi connectivity index (χ0n) is 13.0. The topological polar surface area (TPSA) is 46.3 Å². The number of carbonyl (C=O) groups is 1. The molecule has 0 N–H and O–H groups in total. The second-order valence-corrected chi connectivity index (χ2v) is 7.13. The van der Waals surface area contributed by atoms with Crippen molar-refractivity contribution >= 4 is 38.9 Å². The summed E-state index contributed by atoms with van der Waals surface area (Å²) >= 11 is 4.76. The lowest BCUT2D eigenvalue weighted by atomic mass is 10.2. The number of furan rings is 1. The molecular formula is C17H14BrFN2O2S. The van der Waals surface area contributed by atoms with E-state index in [1.807, 2.05) is 12.3 Å². The Labute approximate surface area is 151 Å². The summed E-state index contributed by atoms with van der Waals surface area (Å²) in [6.07, 6.45) is 0. The van der Waals surface area contributed by atoms with Gasteiger partial charge in [0.2, 0.25) is 0 Å². The van der Waals surface area contributed by atoms with Gasteiger partial charge in [-0.3, -0.25) is 9.69 Å². The molecule has 4 nitrogen and oxygen atoms in total. The molecule has 124 valence electrons. The Morgan fingerprint density at radius 1 is 1.33 bits per heavy atom. The third-order valence-corrected chi connectivity index (χ3v) is 4.67. The molecule has 1 aromatic carbocycles. The van der Waals surface area contributed by atoms with Crippen molar-refractivity contribution in [3.63, 3.8) is 0 Å². The van der Waals surface area contributed by atoms with Gasteiger partial charge in [0.05, 0.1) is 17.2 Å². The molecule has 24 heavy (non-hydrogen) atoms. The van der Waals surface area contributed by atoms with E-state index < -0.39 is 0 Å². The first kappa shape index (κ1) is 16.9. The number of aryl methyl sites for hydroxylation is 2. The van der Waals surface area contributed by atoms with E-state index in [0.29, 0.717) is 10.4 Å². The van der Waals surface area contributed by atoms with Crippen molar-refractivity contribution < 1.29 is 13.6 Å². The number of amides is 1. The maximum Gasteiger partial charge on any atom is 0.294 e. The zero-order chi connectivity index (χ0) is 17.3. The Hall–Kier alpha value is -1.99. The van der Waals surface area contributed by atoms with Crippen molar-refractivity contribution in [2.75, 3.05) is 4.90 Å². The lowest BCUT2D eigenvalue weighted by molar-refractivity contribution is 0.0956. The molecule has 3 rings (SSSR count). The van der Waals surface area contributed by atoms with Gasteiger partial charge in [0, 0.05) is 16.6 Å². The predicted molar refractivity (Wildman–Crippen MR) is 94.9 cm³/mol. The highest BCUT2D eigenvalue weighted by Crippen LogP contribution is 2.26. The number of halogens is 2. The highest BCUT2D eigenvalue weighted by molar-refractivity contribution is 9.10. The van der Waals surface area contributed by atoms with E-state index in [2.05, 4.69) is 20.9 Å². The third-order valence-electron chi connectivity index (χ3n) is 3.45. The van der Waals surface area contributed by atoms with Crippen molar-refractivity contribution in [1.29, 1.82) is 0 Å². The highest BCUT2D eigenvalue weighted by Gasteiger charge is 2.24. The minimum Gasteiger partial charge on any atom is -0.444 e. The fourth-order valence-corrected chi connectivity index (χ4v) is 3.43. The summed E-state index contributed by atoms with van der Waals surface area (Å²) in [6, 6.07) is 7.53. The number of benzene rings is 1. The molecule has 0 atom stereocenters. The molecule has 7 heteroatoms. The van der Waals surface area contributed by atoms with Gasteiger partial charge in [-0.2, -0.15) is 0 Å². The largest absolute Gasteiger partial charge is 0.444 e. The molecule has 0 aliphatic rings. The molecule has 0 spiro atoms. The van der Waals surface area contributed by atoms with E-state index in [1.54, 1.807) is 25.1 Å². The first-order chi connectivity index (χ1) is 11.4. The lowest BCUT2D eigenvalue weighted by Gasteiger charge is -2.21. The quantitative estimate of drug-likeness (QED) is 0.602. The van der Waals surface area contributed by atoms with Gasteiger partial charge in [0.25, 0.3) is 5.91 Å². The number of thiazole rings is 1. The smallest absolute Gasteiger partial charge is 0.294 e. The van der Waals surface area contributed by atoms with Crippen molar-refractivity contribution in [2.24, 2.45) is 0 Å². The highest BCUT2D eigenvalue weighted by atomic mass is 79.9. The van der Waals surface area contributed by atoms with E-state index in [9.17, 15) is 9.18 Å². The Bertz CT molecular complexity index is 873. The van der Waals surface area contributed by atoms with E-state index in [-0.39, 0.29) is 24.0 Å². The summed E-state index contributed by atoms with van der Waals surface area (Å²) in [5.74, 6) is -0.402. The van der Waals surface area contributed by atoms with Crippen LogP contribution >= 0.6 is 27.3 Å². The average molecular weight is 409 g/mol. The van der Waals surface area contributed by atoms with Gasteiger partial charge < -0.3 is 4.42 Å². The molecule has 0 bridgehead atoms. The first-order valence-electron chi connectivity index (χ1n) is 7.18. The van der Waals surface area contributed by atoms with E-state index >= 15 is 0 Å². The van der Waals surface area contributed by atoms with Crippen molar-refractivity contribution in [2.45, 2.75) is 20.4 Å². The summed E-state index contributed by atoms with van der Waals surface area (Å²) < 4.78 is 19.2. The third kappa shape index (κ3) is 3.57. The van der Waals surface area contributed by atoms with Crippen LogP contribution in [-0.4, -0.2) is 10.9 Å². The second-order valence-electron chi connectivity index (χ2n) is 5.29. The maximum atomic E-state index is 13.2. The van der Waals surface area contributed by atoms with Crippen molar-refractivity contribution in [3.8, 4) is 0 Å².